The third-order valence-electron chi connectivity index (χ3n) is 5.53. The number of hydrogen-bond acceptors (Lipinski definition) is 4. The Morgan fingerprint density at radius 1 is 0.909 bits per heavy atom. The highest BCUT2D eigenvalue weighted by atomic mass is 15.5. The number of hydrazone groups is 1. The van der Waals surface area contributed by atoms with E-state index < -0.39 is 0 Å². The maximum Gasteiger partial charge on any atom is 0.0487 e. The second kappa shape index (κ2) is 6.88. The minimum Gasteiger partial charge on any atom is -0.299 e. The molecule has 0 aromatic heterocycles. The van der Waals surface area contributed by atoms with Gasteiger partial charge in [0, 0.05) is 68.9 Å². The number of rotatable bonds is 5. The van der Waals surface area contributed by atoms with E-state index in [0.29, 0.717) is 5.54 Å². The Morgan fingerprint density at radius 2 is 1.55 bits per heavy atom. The van der Waals surface area contributed by atoms with Gasteiger partial charge >= 0.3 is 0 Å². The van der Waals surface area contributed by atoms with Crippen LogP contribution in [-0.4, -0.2) is 71.9 Å². The smallest absolute Gasteiger partial charge is 0.0487 e. The molecule has 0 atom stereocenters. The molecule has 0 spiro atoms. The van der Waals surface area contributed by atoms with Gasteiger partial charge in [0.25, 0.3) is 0 Å². The first-order valence-corrected chi connectivity index (χ1v) is 9.03. The van der Waals surface area contributed by atoms with Crippen LogP contribution < -0.4 is 0 Å². The van der Waals surface area contributed by atoms with Crippen molar-refractivity contribution in [2.45, 2.75) is 59.9 Å². The fourth-order valence-electron chi connectivity index (χ4n) is 3.24. The third-order valence-corrected chi connectivity index (χ3v) is 5.53. The van der Waals surface area contributed by atoms with E-state index in [0.717, 1.165) is 26.1 Å². The zero-order valence-electron chi connectivity index (χ0n) is 15.7. The molecule has 1 saturated heterocycles. The molecular weight excluding hydrogens is 272 g/mol. The van der Waals surface area contributed by atoms with Gasteiger partial charge in [-0.15, -0.1) is 0 Å². The van der Waals surface area contributed by atoms with Crippen molar-refractivity contribution >= 4 is 5.71 Å². The van der Waals surface area contributed by atoms with Crippen LogP contribution in [0.4, 0.5) is 0 Å². The van der Waals surface area contributed by atoms with Crippen molar-refractivity contribution < 1.29 is 0 Å². The van der Waals surface area contributed by atoms with E-state index in [1.54, 1.807) is 0 Å². The SMILES string of the molecule is CCC(C)(C)C1=NN(CCN2CCN(C(C)(C)C)CC2)CC1. The van der Waals surface area contributed by atoms with Crippen LogP contribution in [0.3, 0.4) is 0 Å². The van der Waals surface area contributed by atoms with Crippen LogP contribution in [0.2, 0.25) is 0 Å². The van der Waals surface area contributed by atoms with Gasteiger partial charge in [0.1, 0.15) is 0 Å². The molecule has 128 valence electrons. The number of piperazine rings is 1. The molecule has 2 aliphatic rings. The normalized spacial score (nSPS) is 22.3. The molecule has 4 nitrogen and oxygen atoms in total. The number of hydrogen-bond donors (Lipinski definition) is 0. The van der Waals surface area contributed by atoms with Crippen LogP contribution in [0.15, 0.2) is 5.10 Å². The second-order valence-electron chi connectivity index (χ2n) is 8.49. The summed E-state index contributed by atoms with van der Waals surface area (Å²) < 4.78 is 0. The van der Waals surface area contributed by atoms with Crippen molar-refractivity contribution in [2.75, 3.05) is 45.8 Å². The Morgan fingerprint density at radius 3 is 2.09 bits per heavy atom. The van der Waals surface area contributed by atoms with E-state index in [4.69, 9.17) is 5.10 Å². The van der Waals surface area contributed by atoms with Gasteiger partial charge in [-0.05, 0) is 27.2 Å². The van der Waals surface area contributed by atoms with Crippen molar-refractivity contribution in [1.29, 1.82) is 0 Å². The van der Waals surface area contributed by atoms with Crippen molar-refractivity contribution in [3.8, 4) is 0 Å². The average molecular weight is 309 g/mol. The van der Waals surface area contributed by atoms with Crippen LogP contribution in [0.5, 0.6) is 0 Å². The first-order valence-electron chi connectivity index (χ1n) is 9.03. The summed E-state index contributed by atoms with van der Waals surface area (Å²) in [6, 6.07) is 0. The fourth-order valence-corrected chi connectivity index (χ4v) is 3.24. The van der Waals surface area contributed by atoms with Crippen LogP contribution in [-0.2, 0) is 0 Å². The van der Waals surface area contributed by atoms with E-state index >= 15 is 0 Å². The average Bonchev–Trinajstić information content (AvgIpc) is 2.94. The topological polar surface area (TPSA) is 22.1 Å². The summed E-state index contributed by atoms with van der Waals surface area (Å²) in [7, 11) is 0. The Labute approximate surface area is 137 Å². The van der Waals surface area contributed by atoms with E-state index in [-0.39, 0.29) is 5.41 Å². The number of nitrogens with zero attached hydrogens (tertiary/aromatic N) is 4. The van der Waals surface area contributed by atoms with Crippen LogP contribution in [0, 0.1) is 5.41 Å². The first kappa shape index (κ1) is 17.7. The van der Waals surface area contributed by atoms with Gasteiger partial charge in [0.15, 0.2) is 0 Å². The molecule has 2 heterocycles. The molecule has 0 aromatic carbocycles. The zero-order valence-corrected chi connectivity index (χ0v) is 15.7. The van der Waals surface area contributed by atoms with Crippen LogP contribution >= 0.6 is 0 Å². The summed E-state index contributed by atoms with van der Waals surface area (Å²) in [6.45, 7) is 22.0. The lowest BCUT2D eigenvalue weighted by Crippen LogP contribution is -2.54. The molecule has 1 fully saturated rings. The summed E-state index contributed by atoms with van der Waals surface area (Å²) >= 11 is 0. The van der Waals surface area contributed by atoms with Gasteiger partial charge in [0.2, 0.25) is 0 Å². The molecule has 0 N–H and O–H groups in total. The largest absolute Gasteiger partial charge is 0.299 e. The zero-order chi connectivity index (χ0) is 16.4. The highest BCUT2D eigenvalue weighted by molar-refractivity contribution is 5.90. The molecule has 0 aromatic rings. The summed E-state index contributed by atoms with van der Waals surface area (Å²) in [5.41, 5.74) is 1.98. The third kappa shape index (κ3) is 4.45. The molecule has 22 heavy (non-hydrogen) atoms. The van der Waals surface area contributed by atoms with Gasteiger partial charge in [0.05, 0.1) is 0 Å². The summed E-state index contributed by atoms with van der Waals surface area (Å²) in [6.07, 6.45) is 2.33. The lowest BCUT2D eigenvalue weighted by Gasteiger charge is -2.42. The minimum absolute atomic E-state index is 0.271. The Kier molecular flexibility index (Phi) is 5.54. The van der Waals surface area contributed by atoms with E-state index in [1.807, 2.05) is 0 Å². The molecule has 0 bridgehead atoms. The molecule has 4 heteroatoms. The molecule has 2 rings (SSSR count). The molecular formula is C18H36N4. The first-order chi connectivity index (χ1) is 10.2. The Balaban J connectivity index is 1.74. The highest BCUT2D eigenvalue weighted by Crippen LogP contribution is 2.27. The second-order valence-corrected chi connectivity index (χ2v) is 8.49. The van der Waals surface area contributed by atoms with Gasteiger partial charge in [-0.2, -0.15) is 5.10 Å². The predicted molar refractivity (Wildman–Crippen MR) is 95.5 cm³/mol. The van der Waals surface area contributed by atoms with Gasteiger partial charge in [-0.1, -0.05) is 20.8 Å². The Bertz CT molecular complexity index is 386. The van der Waals surface area contributed by atoms with E-state index in [2.05, 4.69) is 56.4 Å². The van der Waals surface area contributed by atoms with Crippen LogP contribution in [0.1, 0.15) is 54.4 Å². The van der Waals surface area contributed by atoms with E-state index in [9.17, 15) is 0 Å². The van der Waals surface area contributed by atoms with Gasteiger partial charge in [-0.3, -0.25) is 14.8 Å². The monoisotopic (exact) mass is 308 g/mol. The van der Waals surface area contributed by atoms with Crippen molar-refractivity contribution in [3.05, 3.63) is 0 Å². The summed E-state index contributed by atoms with van der Waals surface area (Å²) in [5, 5.41) is 7.18. The molecule has 0 radical (unpaired) electrons. The van der Waals surface area contributed by atoms with Crippen LogP contribution in [0.25, 0.3) is 0 Å². The summed E-state index contributed by atoms with van der Waals surface area (Å²) in [5.74, 6) is 0. The molecule has 0 unspecified atom stereocenters. The fraction of sp³-hybridized carbons (Fsp3) is 0.944. The van der Waals surface area contributed by atoms with Gasteiger partial charge in [-0.25, -0.2) is 0 Å². The lowest BCUT2D eigenvalue weighted by atomic mass is 9.83. The quantitative estimate of drug-likeness (QED) is 0.779. The van der Waals surface area contributed by atoms with Crippen molar-refractivity contribution in [3.63, 3.8) is 0 Å². The summed E-state index contributed by atoms with van der Waals surface area (Å²) in [4.78, 5) is 5.19. The van der Waals surface area contributed by atoms with Gasteiger partial charge < -0.3 is 0 Å². The van der Waals surface area contributed by atoms with Crippen molar-refractivity contribution in [2.24, 2.45) is 10.5 Å². The minimum atomic E-state index is 0.271. The van der Waals surface area contributed by atoms with Crippen molar-refractivity contribution in [1.82, 2.24) is 14.8 Å². The maximum absolute atomic E-state index is 4.88. The molecule has 0 amide bonds. The highest BCUT2D eigenvalue weighted by Gasteiger charge is 2.29. The molecule has 2 aliphatic heterocycles. The maximum atomic E-state index is 4.88. The molecule has 0 saturated carbocycles. The molecule has 0 aliphatic carbocycles. The van der Waals surface area contributed by atoms with E-state index in [1.165, 1.54) is 38.3 Å². The predicted octanol–water partition coefficient (Wildman–Crippen LogP) is 2.90. The Hall–Kier alpha value is -0.610. The standard InChI is InChI=1S/C18H36N4/c1-7-18(5,6)16-8-9-22(19-16)15-12-20-10-13-21(14-11-20)17(2,3)4/h7-15H2,1-6H3. The lowest BCUT2D eigenvalue weighted by molar-refractivity contribution is 0.0582.